The number of hydrogen-bond donors (Lipinski definition) is 1. The summed E-state index contributed by atoms with van der Waals surface area (Å²) >= 11 is 6.30. The van der Waals surface area contributed by atoms with E-state index in [9.17, 15) is 4.57 Å². The van der Waals surface area contributed by atoms with Crippen LogP contribution in [0.4, 0.5) is 5.69 Å². The van der Waals surface area contributed by atoms with Crippen LogP contribution in [0.1, 0.15) is 25.2 Å². The van der Waals surface area contributed by atoms with Crippen LogP contribution in [0.2, 0.25) is 5.02 Å². The number of anilines is 1. The van der Waals surface area contributed by atoms with E-state index in [4.69, 9.17) is 30.1 Å². The molecular formula is C19H25ClNO5P. The smallest absolute Gasteiger partial charge is 0.357 e. The predicted octanol–water partition coefficient (Wildman–Crippen LogP) is 5.73. The van der Waals surface area contributed by atoms with Crippen LogP contribution in [0.3, 0.4) is 0 Å². The van der Waals surface area contributed by atoms with Crippen LogP contribution >= 0.6 is 19.2 Å². The molecule has 2 aromatic carbocycles. The van der Waals surface area contributed by atoms with Crippen molar-refractivity contribution in [2.24, 2.45) is 0 Å². The molecule has 1 atom stereocenters. The fourth-order valence-electron chi connectivity index (χ4n) is 2.64. The lowest BCUT2D eigenvalue weighted by atomic mass is 10.1. The molecule has 0 aliphatic rings. The van der Waals surface area contributed by atoms with Gasteiger partial charge in [-0.25, -0.2) is 0 Å². The van der Waals surface area contributed by atoms with Gasteiger partial charge in [-0.05, 0) is 38.1 Å². The highest BCUT2D eigenvalue weighted by Gasteiger charge is 2.39. The zero-order valence-electron chi connectivity index (χ0n) is 15.9. The van der Waals surface area contributed by atoms with Gasteiger partial charge >= 0.3 is 7.60 Å². The fraction of sp³-hybridized carbons (Fsp3) is 0.368. The van der Waals surface area contributed by atoms with Crippen LogP contribution in [-0.2, 0) is 13.6 Å². The Bertz CT molecular complexity index is 791. The van der Waals surface area contributed by atoms with E-state index in [-0.39, 0.29) is 13.2 Å². The maximum absolute atomic E-state index is 13.6. The Morgan fingerprint density at radius 2 is 1.70 bits per heavy atom. The molecule has 0 spiro atoms. The number of para-hydroxylation sites is 1. The van der Waals surface area contributed by atoms with E-state index in [2.05, 4.69) is 5.32 Å². The van der Waals surface area contributed by atoms with Gasteiger partial charge in [-0.2, -0.15) is 0 Å². The minimum absolute atomic E-state index is 0.233. The van der Waals surface area contributed by atoms with Gasteiger partial charge in [-0.15, -0.1) is 0 Å². The van der Waals surface area contributed by atoms with Crippen LogP contribution < -0.4 is 14.8 Å². The Hall–Kier alpha value is -1.72. The van der Waals surface area contributed by atoms with Crippen molar-refractivity contribution in [3.8, 4) is 11.5 Å². The molecule has 0 radical (unpaired) electrons. The third kappa shape index (κ3) is 5.17. The van der Waals surface area contributed by atoms with Crippen LogP contribution in [-0.4, -0.2) is 27.4 Å². The van der Waals surface area contributed by atoms with Gasteiger partial charge < -0.3 is 23.8 Å². The minimum atomic E-state index is -3.59. The highest BCUT2D eigenvalue weighted by atomic mass is 35.5. The molecule has 0 saturated heterocycles. The van der Waals surface area contributed by atoms with Crippen molar-refractivity contribution in [2.75, 3.05) is 32.8 Å². The second kappa shape index (κ2) is 10.00. The van der Waals surface area contributed by atoms with Crippen molar-refractivity contribution in [1.82, 2.24) is 0 Å². The van der Waals surface area contributed by atoms with Gasteiger partial charge in [-0.3, -0.25) is 4.57 Å². The zero-order valence-corrected chi connectivity index (χ0v) is 17.5. The summed E-state index contributed by atoms with van der Waals surface area (Å²) in [5.74, 6) is 0.298. The molecule has 0 heterocycles. The lowest BCUT2D eigenvalue weighted by Gasteiger charge is -2.29. The van der Waals surface area contributed by atoms with Crippen LogP contribution in [0.5, 0.6) is 11.5 Å². The maximum atomic E-state index is 13.6. The third-order valence-corrected chi connectivity index (χ3v) is 6.44. The predicted molar refractivity (Wildman–Crippen MR) is 108 cm³/mol. The molecule has 8 heteroatoms. The minimum Gasteiger partial charge on any atom is -0.497 e. The van der Waals surface area contributed by atoms with Gasteiger partial charge in [0.25, 0.3) is 0 Å². The first kappa shape index (κ1) is 21.6. The normalized spacial score (nSPS) is 12.5. The number of ether oxygens (including phenoxy) is 2. The van der Waals surface area contributed by atoms with Crippen molar-refractivity contribution in [3.63, 3.8) is 0 Å². The molecule has 0 saturated carbocycles. The second-order valence-electron chi connectivity index (χ2n) is 5.51. The highest BCUT2D eigenvalue weighted by molar-refractivity contribution is 7.54. The summed E-state index contributed by atoms with van der Waals surface area (Å²) in [5, 5.41) is 3.72. The van der Waals surface area contributed by atoms with E-state index in [0.717, 1.165) is 0 Å². The molecule has 148 valence electrons. The summed E-state index contributed by atoms with van der Waals surface area (Å²) in [6.07, 6.45) is 0. The molecule has 1 N–H and O–H groups in total. The first-order chi connectivity index (χ1) is 13.0. The van der Waals surface area contributed by atoms with E-state index >= 15 is 0 Å². The summed E-state index contributed by atoms with van der Waals surface area (Å²) in [4.78, 5) is 0. The standard InChI is InChI=1S/C19H25ClNO5P/c1-5-25-27(22,26-6-2)19(21-17-10-8-7-9-16(17)20)15-12-11-14(23-3)13-18(15)24-4/h7-13,19,21H,5-6H2,1-4H3. The van der Waals surface area contributed by atoms with E-state index in [1.165, 1.54) is 7.11 Å². The Morgan fingerprint density at radius 1 is 1.04 bits per heavy atom. The van der Waals surface area contributed by atoms with E-state index < -0.39 is 13.4 Å². The van der Waals surface area contributed by atoms with Crippen LogP contribution in [0.15, 0.2) is 42.5 Å². The molecule has 0 amide bonds. The van der Waals surface area contributed by atoms with Gasteiger partial charge in [-0.1, -0.05) is 23.7 Å². The van der Waals surface area contributed by atoms with E-state index in [1.807, 2.05) is 12.1 Å². The molecule has 0 fully saturated rings. The Morgan fingerprint density at radius 3 is 2.26 bits per heavy atom. The number of methoxy groups -OCH3 is 2. The average molecular weight is 414 g/mol. The summed E-state index contributed by atoms with van der Waals surface area (Å²) in [7, 11) is -0.483. The largest absolute Gasteiger partial charge is 0.497 e. The van der Waals surface area contributed by atoms with Crippen LogP contribution in [0, 0.1) is 0 Å². The van der Waals surface area contributed by atoms with Crippen molar-refractivity contribution in [1.29, 1.82) is 0 Å². The summed E-state index contributed by atoms with van der Waals surface area (Å²) in [6.45, 7) is 4.00. The molecule has 6 nitrogen and oxygen atoms in total. The quantitative estimate of drug-likeness (QED) is 0.501. The first-order valence-electron chi connectivity index (χ1n) is 8.60. The number of benzene rings is 2. The SMILES string of the molecule is CCOP(=O)(OCC)C(Nc1ccccc1Cl)c1ccc(OC)cc1OC. The van der Waals surface area contributed by atoms with Crippen molar-refractivity contribution in [3.05, 3.63) is 53.1 Å². The molecule has 27 heavy (non-hydrogen) atoms. The van der Waals surface area contributed by atoms with Crippen molar-refractivity contribution in [2.45, 2.75) is 19.6 Å². The second-order valence-corrected chi connectivity index (χ2v) is 8.03. The zero-order chi connectivity index (χ0) is 19.9. The molecule has 2 rings (SSSR count). The summed E-state index contributed by atoms with van der Waals surface area (Å²) in [5.41, 5.74) is 1.23. The number of halogens is 1. The summed E-state index contributed by atoms with van der Waals surface area (Å²) < 4.78 is 35.6. The van der Waals surface area contributed by atoms with Gasteiger partial charge in [0, 0.05) is 11.6 Å². The number of hydrogen-bond acceptors (Lipinski definition) is 6. The van der Waals surface area contributed by atoms with Crippen molar-refractivity contribution >= 4 is 24.9 Å². The summed E-state index contributed by atoms with van der Waals surface area (Å²) in [6, 6.07) is 12.5. The molecular weight excluding hydrogens is 389 g/mol. The van der Waals surface area contributed by atoms with E-state index in [1.54, 1.807) is 51.3 Å². The fourth-order valence-corrected chi connectivity index (χ4v) is 4.78. The van der Waals surface area contributed by atoms with Gasteiger partial charge in [0.05, 0.1) is 38.1 Å². The maximum Gasteiger partial charge on any atom is 0.357 e. The number of nitrogens with one attached hydrogen (secondary N) is 1. The molecule has 2 aromatic rings. The topological polar surface area (TPSA) is 66.0 Å². The Kier molecular flexibility index (Phi) is 7.99. The number of rotatable bonds is 10. The molecule has 0 aliphatic heterocycles. The van der Waals surface area contributed by atoms with E-state index in [0.29, 0.717) is 27.8 Å². The molecule has 0 aliphatic carbocycles. The highest BCUT2D eigenvalue weighted by Crippen LogP contribution is 2.62. The monoisotopic (exact) mass is 413 g/mol. The Labute approximate surface area is 165 Å². The van der Waals surface area contributed by atoms with Gasteiger partial charge in [0.15, 0.2) is 5.78 Å². The average Bonchev–Trinajstić information content (AvgIpc) is 2.67. The van der Waals surface area contributed by atoms with Gasteiger partial charge in [0.1, 0.15) is 11.5 Å². The first-order valence-corrected chi connectivity index (χ1v) is 10.6. The molecule has 0 bridgehead atoms. The van der Waals surface area contributed by atoms with Gasteiger partial charge in [0.2, 0.25) is 0 Å². The molecule has 0 aromatic heterocycles. The van der Waals surface area contributed by atoms with Crippen LogP contribution in [0.25, 0.3) is 0 Å². The Balaban J connectivity index is 2.59. The van der Waals surface area contributed by atoms with Crippen molar-refractivity contribution < 1.29 is 23.1 Å². The lowest BCUT2D eigenvalue weighted by molar-refractivity contribution is 0.213. The lowest BCUT2D eigenvalue weighted by Crippen LogP contribution is -2.16. The molecule has 1 unspecified atom stereocenters. The third-order valence-electron chi connectivity index (χ3n) is 3.84.